The number of benzene rings is 1. The number of carbonyl (C=O) groups excluding carboxylic acids is 2. The van der Waals surface area contributed by atoms with Crippen LogP contribution < -0.4 is 10.2 Å². The first-order valence-corrected chi connectivity index (χ1v) is 10.2. The van der Waals surface area contributed by atoms with Gasteiger partial charge in [-0.05, 0) is 43.5 Å². The summed E-state index contributed by atoms with van der Waals surface area (Å²) >= 11 is 0. The van der Waals surface area contributed by atoms with Crippen molar-refractivity contribution < 1.29 is 9.59 Å². The Hall–Kier alpha value is -2.44. The molecule has 2 amide bonds. The lowest BCUT2D eigenvalue weighted by atomic mass is 10.0. The van der Waals surface area contributed by atoms with Crippen LogP contribution in [0.2, 0.25) is 0 Å². The Morgan fingerprint density at radius 2 is 1.93 bits per heavy atom. The number of amides is 2. The van der Waals surface area contributed by atoms with E-state index in [4.69, 9.17) is 0 Å². The van der Waals surface area contributed by atoms with Crippen LogP contribution >= 0.6 is 12.4 Å². The summed E-state index contributed by atoms with van der Waals surface area (Å²) in [4.78, 5) is 34.2. The number of anilines is 1. The summed E-state index contributed by atoms with van der Waals surface area (Å²) in [7, 11) is 0. The van der Waals surface area contributed by atoms with Gasteiger partial charge in [0.25, 0.3) is 0 Å². The Balaban J connectivity index is 0.00000256. The number of aryl methyl sites for hydroxylation is 3. The third kappa shape index (κ3) is 4.20. The second kappa shape index (κ2) is 9.14. The highest BCUT2D eigenvalue weighted by molar-refractivity contribution is 6.01. The lowest BCUT2D eigenvalue weighted by molar-refractivity contribution is -0.139. The fraction of sp³-hybridized carbons (Fsp3) is 0.435. The zero-order valence-corrected chi connectivity index (χ0v) is 18.5. The van der Waals surface area contributed by atoms with E-state index in [1.807, 2.05) is 42.0 Å². The molecule has 1 N–H and O–H groups in total. The van der Waals surface area contributed by atoms with Gasteiger partial charge in [-0.15, -0.1) is 12.4 Å². The molecular weight excluding hydrogens is 400 g/mol. The Morgan fingerprint density at radius 1 is 1.20 bits per heavy atom. The van der Waals surface area contributed by atoms with Gasteiger partial charge in [-0.1, -0.05) is 23.8 Å². The molecule has 0 saturated carbocycles. The summed E-state index contributed by atoms with van der Waals surface area (Å²) in [6, 6.07) is 8.06. The molecule has 4 rings (SSSR count). The highest BCUT2D eigenvalue weighted by atomic mass is 35.5. The predicted octanol–water partition coefficient (Wildman–Crippen LogP) is 2.95. The fourth-order valence-corrected chi connectivity index (χ4v) is 4.76. The van der Waals surface area contributed by atoms with Gasteiger partial charge in [0, 0.05) is 50.7 Å². The van der Waals surface area contributed by atoms with E-state index in [2.05, 4.69) is 29.4 Å². The molecule has 2 aliphatic heterocycles. The average Bonchev–Trinajstić information content (AvgIpc) is 3.08. The van der Waals surface area contributed by atoms with Crippen LogP contribution in [-0.4, -0.2) is 47.9 Å². The van der Waals surface area contributed by atoms with Gasteiger partial charge in [0.2, 0.25) is 11.8 Å². The fourth-order valence-electron chi connectivity index (χ4n) is 4.76. The molecule has 0 spiro atoms. The number of rotatable bonds is 3. The molecule has 2 atom stereocenters. The Labute approximate surface area is 184 Å². The minimum atomic E-state index is -0.306. The van der Waals surface area contributed by atoms with Crippen molar-refractivity contribution >= 4 is 29.9 Å². The molecule has 1 aromatic heterocycles. The monoisotopic (exact) mass is 428 g/mol. The number of halogens is 1. The molecule has 1 aromatic carbocycles. The van der Waals surface area contributed by atoms with Crippen molar-refractivity contribution in [1.82, 2.24) is 15.2 Å². The van der Waals surface area contributed by atoms with E-state index in [0.717, 1.165) is 28.9 Å². The number of piperazine rings is 1. The third-order valence-corrected chi connectivity index (χ3v) is 5.98. The van der Waals surface area contributed by atoms with Crippen molar-refractivity contribution in [2.75, 3.05) is 31.1 Å². The maximum atomic E-state index is 13.4. The molecule has 2 saturated heterocycles. The summed E-state index contributed by atoms with van der Waals surface area (Å²) in [6.07, 6.45) is 3.84. The summed E-state index contributed by atoms with van der Waals surface area (Å²) in [6.45, 7) is 8.70. The minimum absolute atomic E-state index is 0. The predicted molar refractivity (Wildman–Crippen MR) is 120 cm³/mol. The Bertz CT molecular complexity index is 911. The quantitative estimate of drug-likeness (QED) is 0.816. The van der Waals surface area contributed by atoms with Crippen molar-refractivity contribution in [3.05, 3.63) is 58.9 Å². The number of aromatic nitrogens is 1. The van der Waals surface area contributed by atoms with E-state index in [9.17, 15) is 9.59 Å². The van der Waals surface area contributed by atoms with E-state index in [1.54, 1.807) is 6.20 Å². The van der Waals surface area contributed by atoms with Gasteiger partial charge in [0.15, 0.2) is 0 Å². The van der Waals surface area contributed by atoms with Crippen LogP contribution in [0.5, 0.6) is 0 Å². The largest absolute Gasteiger partial charge is 0.333 e. The molecule has 2 aromatic rings. The van der Waals surface area contributed by atoms with Gasteiger partial charge in [0.1, 0.15) is 0 Å². The SMILES string of the molecule is Cc1cc(C)c(N2CC(C(=O)N3CCNCC3c3cccnc3)CC2=O)c(C)c1.Cl. The van der Waals surface area contributed by atoms with Crippen LogP contribution in [0, 0.1) is 26.7 Å². The molecule has 3 heterocycles. The minimum Gasteiger partial charge on any atom is -0.333 e. The van der Waals surface area contributed by atoms with Crippen LogP contribution in [0.1, 0.15) is 34.7 Å². The lowest BCUT2D eigenvalue weighted by Gasteiger charge is -2.37. The molecule has 2 unspecified atom stereocenters. The van der Waals surface area contributed by atoms with Crippen LogP contribution in [0.3, 0.4) is 0 Å². The van der Waals surface area contributed by atoms with Crippen molar-refractivity contribution in [3.8, 4) is 0 Å². The van der Waals surface area contributed by atoms with Gasteiger partial charge < -0.3 is 15.1 Å². The van der Waals surface area contributed by atoms with E-state index in [1.165, 1.54) is 5.56 Å². The first-order valence-electron chi connectivity index (χ1n) is 10.2. The molecule has 0 bridgehead atoms. The Kier molecular flexibility index (Phi) is 6.78. The number of hydrogen-bond acceptors (Lipinski definition) is 4. The first-order chi connectivity index (χ1) is 14.0. The standard InChI is InChI=1S/C23H28N4O2.ClH/c1-15-9-16(2)22(17(3)10-15)27-14-19(11-21(27)28)23(29)26-8-7-25-13-20(26)18-5-4-6-24-12-18;/h4-6,9-10,12,19-20,25H,7-8,11,13-14H2,1-3H3;1H. The van der Waals surface area contributed by atoms with Gasteiger partial charge in [0.05, 0.1) is 12.0 Å². The number of nitrogens with zero attached hydrogens (tertiary/aromatic N) is 3. The van der Waals surface area contributed by atoms with E-state index in [-0.39, 0.29) is 42.6 Å². The number of hydrogen-bond donors (Lipinski definition) is 1. The second-order valence-electron chi connectivity index (χ2n) is 8.19. The van der Waals surface area contributed by atoms with Crippen molar-refractivity contribution in [3.63, 3.8) is 0 Å². The second-order valence-corrected chi connectivity index (χ2v) is 8.19. The molecule has 160 valence electrons. The molecule has 30 heavy (non-hydrogen) atoms. The van der Waals surface area contributed by atoms with E-state index >= 15 is 0 Å². The normalized spacial score (nSPS) is 21.5. The first kappa shape index (κ1) is 22.2. The van der Waals surface area contributed by atoms with Gasteiger partial charge in [-0.2, -0.15) is 0 Å². The van der Waals surface area contributed by atoms with Crippen LogP contribution in [0.4, 0.5) is 5.69 Å². The van der Waals surface area contributed by atoms with Crippen LogP contribution in [0.25, 0.3) is 0 Å². The van der Waals surface area contributed by atoms with E-state index < -0.39 is 0 Å². The van der Waals surface area contributed by atoms with Crippen LogP contribution in [0.15, 0.2) is 36.7 Å². The number of pyridine rings is 1. The van der Waals surface area contributed by atoms with Crippen molar-refractivity contribution in [2.45, 2.75) is 33.2 Å². The molecule has 0 aliphatic carbocycles. The number of carbonyl (C=O) groups is 2. The smallest absolute Gasteiger partial charge is 0.228 e. The van der Waals surface area contributed by atoms with Gasteiger partial charge >= 0.3 is 0 Å². The zero-order valence-electron chi connectivity index (χ0n) is 17.7. The molecule has 0 radical (unpaired) electrons. The van der Waals surface area contributed by atoms with Crippen molar-refractivity contribution in [2.24, 2.45) is 5.92 Å². The summed E-state index contributed by atoms with van der Waals surface area (Å²) in [5.74, 6) is -0.204. The maximum Gasteiger partial charge on any atom is 0.228 e. The Morgan fingerprint density at radius 3 is 2.60 bits per heavy atom. The summed E-state index contributed by atoms with van der Waals surface area (Å²) < 4.78 is 0. The topological polar surface area (TPSA) is 65.5 Å². The third-order valence-electron chi connectivity index (χ3n) is 5.98. The highest BCUT2D eigenvalue weighted by Gasteiger charge is 2.40. The molecule has 7 heteroatoms. The average molecular weight is 429 g/mol. The van der Waals surface area contributed by atoms with Crippen molar-refractivity contribution in [1.29, 1.82) is 0 Å². The molecule has 6 nitrogen and oxygen atoms in total. The van der Waals surface area contributed by atoms with Gasteiger partial charge in [-0.3, -0.25) is 14.6 Å². The van der Waals surface area contributed by atoms with Crippen LogP contribution in [-0.2, 0) is 9.59 Å². The maximum absolute atomic E-state index is 13.4. The van der Waals surface area contributed by atoms with Gasteiger partial charge in [-0.25, -0.2) is 0 Å². The molecular formula is C23H29ClN4O2. The zero-order chi connectivity index (χ0) is 20.5. The summed E-state index contributed by atoms with van der Waals surface area (Å²) in [5.41, 5.74) is 5.33. The highest BCUT2D eigenvalue weighted by Crippen LogP contribution is 2.33. The lowest BCUT2D eigenvalue weighted by Crippen LogP contribution is -2.50. The number of nitrogens with one attached hydrogen (secondary N) is 1. The summed E-state index contributed by atoms with van der Waals surface area (Å²) in [5, 5.41) is 3.37. The molecule has 2 aliphatic rings. The molecule has 2 fully saturated rings. The van der Waals surface area contributed by atoms with E-state index in [0.29, 0.717) is 19.6 Å².